The van der Waals surface area contributed by atoms with E-state index in [1.54, 1.807) is 17.0 Å². The fraction of sp³-hybridized carbons (Fsp3) is 0.562. The quantitative estimate of drug-likeness (QED) is 0.872. The highest BCUT2D eigenvalue weighted by Crippen LogP contribution is 2.30. The van der Waals surface area contributed by atoms with Crippen LogP contribution in [0.15, 0.2) is 24.3 Å². The van der Waals surface area contributed by atoms with Gasteiger partial charge in [0.1, 0.15) is 0 Å². The molecule has 0 aromatic heterocycles. The van der Waals surface area contributed by atoms with Crippen LogP contribution in [0.2, 0.25) is 5.02 Å². The molecule has 0 bridgehead atoms. The van der Waals surface area contributed by atoms with Crippen molar-refractivity contribution in [3.63, 3.8) is 0 Å². The Labute approximate surface area is 142 Å². The summed E-state index contributed by atoms with van der Waals surface area (Å²) in [5.74, 6) is -0.302. The molecule has 0 unspecified atom stereocenters. The van der Waals surface area contributed by atoms with Gasteiger partial charge in [0, 0.05) is 24.4 Å². The number of benzene rings is 1. The van der Waals surface area contributed by atoms with E-state index in [9.17, 15) is 13.2 Å². The standard InChI is InChI=1S/C16H23ClN2O3S/c1-3-19(12-13-5-4-6-14(17)11-13)15(20)16(23(2,21)22)7-9-18-10-8-16/h4-6,11,18H,3,7-10,12H2,1-2H3. The lowest BCUT2D eigenvalue weighted by atomic mass is 9.95. The predicted molar refractivity (Wildman–Crippen MR) is 92.2 cm³/mol. The molecule has 2 rings (SSSR count). The minimum atomic E-state index is -3.50. The smallest absolute Gasteiger partial charge is 0.244 e. The number of halogens is 1. The van der Waals surface area contributed by atoms with Gasteiger partial charge in [-0.05, 0) is 50.6 Å². The van der Waals surface area contributed by atoms with Crippen LogP contribution in [0.5, 0.6) is 0 Å². The van der Waals surface area contributed by atoms with Crippen molar-refractivity contribution in [2.45, 2.75) is 31.1 Å². The van der Waals surface area contributed by atoms with Crippen LogP contribution >= 0.6 is 11.6 Å². The van der Waals surface area contributed by atoms with Crippen LogP contribution in [0.25, 0.3) is 0 Å². The molecule has 0 radical (unpaired) electrons. The van der Waals surface area contributed by atoms with Gasteiger partial charge >= 0.3 is 0 Å². The van der Waals surface area contributed by atoms with Crippen LogP contribution in [0.4, 0.5) is 0 Å². The van der Waals surface area contributed by atoms with Gasteiger partial charge in [-0.25, -0.2) is 8.42 Å². The van der Waals surface area contributed by atoms with Gasteiger partial charge in [-0.3, -0.25) is 4.79 Å². The van der Waals surface area contributed by atoms with Crippen molar-refractivity contribution in [1.82, 2.24) is 10.2 Å². The van der Waals surface area contributed by atoms with Crippen LogP contribution < -0.4 is 5.32 Å². The second-order valence-electron chi connectivity index (χ2n) is 5.97. The van der Waals surface area contributed by atoms with E-state index in [2.05, 4.69) is 5.32 Å². The van der Waals surface area contributed by atoms with Crippen LogP contribution in [0, 0.1) is 0 Å². The third kappa shape index (κ3) is 3.87. The lowest BCUT2D eigenvalue weighted by Crippen LogP contribution is -2.58. The van der Waals surface area contributed by atoms with E-state index in [0.717, 1.165) is 5.56 Å². The molecule has 0 aliphatic carbocycles. The molecular weight excluding hydrogens is 336 g/mol. The molecule has 128 valence electrons. The summed E-state index contributed by atoms with van der Waals surface area (Å²) in [5, 5.41) is 3.73. The summed E-state index contributed by atoms with van der Waals surface area (Å²) in [7, 11) is -3.50. The van der Waals surface area contributed by atoms with Gasteiger partial charge < -0.3 is 10.2 Å². The molecule has 1 fully saturated rings. The fourth-order valence-electron chi connectivity index (χ4n) is 3.04. The van der Waals surface area contributed by atoms with Crippen LogP contribution in [0.1, 0.15) is 25.3 Å². The first kappa shape index (κ1) is 18.2. The van der Waals surface area contributed by atoms with E-state index in [0.29, 0.717) is 44.0 Å². The Morgan fingerprint density at radius 2 is 2.00 bits per heavy atom. The number of amides is 1. The van der Waals surface area contributed by atoms with E-state index < -0.39 is 14.6 Å². The summed E-state index contributed by atoms with van der Waals surface area (Å²) in [4.78, 5) is 14.7. The first-order valence-corrected chi connectivity index (χ1v) is 10.0. The zero-order valence-electron chi connectivity index (χ0n) is 13.5. The molecule has 1 saturated heterocycles. The first-order valence-electron chi connectivity index (χ1n) is 7.74. The minimum absolute atomic E-state index is 0.302. The second-order valence-corrected chi connectivity index (χ2v) is 8.73. The maximum Gasteiger partial charge on any atom is 0.244 e. The molecule has 1 aromatic rings. The summed E-state index contributed by atoms with van der Waals surface area (Å²) in [6.45, 7) is 3.75. The van der Waals surface area contributed by atoms with Crippen LogP contribution in [-0.2, 0) is 21.2 Å². The van der Waals surface area contributed by atoms with Crippen molar-refractivity contribution < 1.29 is 13.2 Å². The Morgan fingerprint density at radius 3 is 2.52 bits per heavy atom. The highest BCUT2D eigenvalue weighted by Gasteiger charge is 2.50. The number of nitrogens with zero attached hydrogens (tertiary/aromatic N) is 1. The van der Waals surface area contributed by atoms with E-state index in [4.69, 9.17) is 11.6 Å². The van der Waals surface area contributed by atoms with E-state index >= 15 is 0 Å². The van der Waals surface area contributed by atoms with Gasteiger partial charge in [0.25, 0.3) is 0 Å². The molecule has 5 nitrogen and oxygen atoms in total. The molecule has 1 N–H and O–H groups in total. The lowest BCUT2D eigenvalue weighted by molar-refractivity contribution is -0.135. The minimum Gasteiger partial charge on any atom is -0.337 e. The molecule has 0 saturated carbocycles. The second kappa shape index (κ2) is 7.20. The zero-order valence-corrected chi connectivity index (χ0v) is 15.1. The molecule has 0 atom stereocenters. The average molecular weight is 359 g/mol. The van der Waals surface area contributed by atoms with Crippen molar-refractivity contribution in [2.24, 2.45) is 0 Å². The number of carbonyl (C=O) groups is 1. The molecule has 23 heavy (non-hydrogen) atoms. The third-order valence-corrected chi connectivity index (χ3v) is 6.68. The van der Waals surface area contributed by atoms with Crippen molar-refractivity contribution in [1.29, 1.82) is 0 Å². The van der Waals surface area contributed by atoms with Crippen molar-refractivity contribution in [2.75, 3.05) is 25.9 Å². The highest BCUT2D eigenvalue weighted by molar-refractivity contribution is 7.92. The molecular formula is C16H23ClN2O3S. The molecule has 1 aliphatic rings. The SMILES string of the molecule is CCN(Cc1cccc(Cl)c1)C(=O)C1(S(C)(=O)=O)CCNCC1. The van der Waals surface area contributed by atoms with Gasteiger partial charge in [-0.15, -0.1) is 0 Å². The Hall–Kier alpha value is -1.11. The van der Waals surface area contributed by atoms with Crippen molar-refractivity contribution in [3.05, 3.63) is 34.9 Å². The number of sulfone groups is 1. The van der Waals surface area contributed by atoms with Gasteiger partial charge in [-0.2, -0.15) is 0 Å². The summed E-state index contributed by atoms with van der Waals surface area (Å²) in [6, 6.07) is 7.28. The monoisotopic (exact) mass is 358 g/mol. The normalized spacial score (nSPS) is 17.7. The average Bonchev–Trinajstić information content (AvgIpc) is 2.51. The van der Waals surface area contributed by atoms with Crippen molar-refractivity contribution >= 4 is 27.3 Å². The zero-order chi connectivity index (χ0) is 17.1. The Kier molecular flexibility index (Phi) is 5.70. The highest BCUT2D eigenvalue weighted by atomic mass is 35.5. The summed E-state index contributed by atoms with van der Waals surface area (Å²) < 4.78 is 23.4. The van der Waals surface area contributed by atoms with Gasteiger partial charge in [0.05, 0.1) is 0 Å². The largest absolute Gasteiger partial charge is 0.337 e. The van der Waals surface area contributed by atoms with E-state index in [1.165, 1.54) is 6.26 Å². The number of hydrogen-bond acceptors (Lipinski definition) is 4. The van der Waals surface area contributed by atoms with Gasteiger partial charge in [0.15, 0.2) is 14.6 Å². The summed E-state index contributed by atoms with van der Waals surface area (Å²) in [5.41, 5.74) is 0.894. The molecule has 1 aromatic carbocycles. The molecule has 1 amide bonds. The van der Waals surface area contributed by atoms with E-state index in [-0.39, 0.29) is 5.91 Å². The number of hydrogen-bond donors (Lipinski definition) is 1. The third-order valence-electron chi connectivity index (χ3n) is 4.44. The Bertz CT molecular complexity index is 670. The molecule has 0 spiro atoms. The molecule has 1 heterocycles. The number of piperidine rings is 1. The molecule has 1 aliphatic heterocycles. The van der Waals surface area contributed by atoms with Gasteiger partial charge in [0.2, 0.25) is 5.91 Å². The number of rotatable bonds is 5. The first-order chi connectivity index (χ1) is 10.8. The van der Waals surface area contributed by atoms with Crippen molar-refractivity contribution in [3.8, 4) is 0 Å². The van der Waals surface area contributed by atoms with Crippen LogP contribution in [0.3, 0.4) is 0 Å². The number of carbonyl (C=O) groups excluding carboxylic acids is 1. The lowest BCUT2D eigenvalue weighted by Gasteiger charge is -2.38. The summed E-state index contributed by atoms with van der Waals surface area (Å²) in [6.07, 6.45) is 1.80. The predicted octanol–water partition coefficient (Wildman–Crippen LogP) is 1.86. The Balaban J connectivity index is 2.30. The van der Waals surface area contributed by atoms with E-state index in [1.807, 2.05) is 19.1 Å². The molecule has 7 heteroatoms. The maximum absolute atomic E-state index is 13.1. The topological polar surface area (TPSA) is 66.5 Å². The summed E-state index contributed by atoms with van der Waals surface area (Å²) >= 11 is 5.99. The Morgan fingerprint density at radius 1 is 1.35 bits per heavy atom. The maximum atomic E-state index is 13.1. The van der Waals surface area contributed by atoms with Crippen LogP contribution in [-0.4, -0.2) is 49.9 Å². The number of nitrogens with one attached hydrogen (secondary N) is 1. The van der Waals surface area contributed by atoms with Gasteiger partial charge in [-0.1, -0.05) is 23.7 Å². The fourth-order valence-corrected chi connectivity index (χ4v) is 4.65.